The summed E-state index contributed by atoms with van der Waals surface area (Å²) in [4.78, 5) is 23.8. The van der Waals surface area contributed by atoms with Gasteiger partial charge in [-0.15, -0.1) is 0 Å². The smallest absolute Gasteiger partial charge is 0.320 e. The minimum Gasteiger partial charge on any atom is -0.480 e. The number of aromatic nitrogens is 1. The lowest BCUT2D eigenvalue weighted by molar-refractivity contribution is -0.138. The highest BCUT2D eigenvalue weighted by molar-refractivity contribution is 5.73. The summed E-state index contributed by atoms with van der Waals surface area (Å²) in [6.07, 6.45) is 1.72. The maximum Gasteiger partial charge on any atom is 0.320 e. The zero-order valence-corrected chi connectivity index (χ0v) is 7.78. The van der Waals surface area contributed by atoms with Gasteiger partial charge in [-0.05, 0) is 24.5 Å². The van der Waals surface area contributed by atoms with Crippen LogP contribution < -0.4 is 11.3 Å². The van der Waals surface area contributed by atoms with Crippen molar-refractivity contribution in [2.45, 2.75) is 19.4 Å². The lowest BCUT2D eigenvalue weighted by atomic mass is 10.0. The third kappa shape index (κ3) is 2.43. The number of hydrogen-bond donors (Lipinski definition) is 3. The zero-order chi connectivity index (χ0) is 10.7. The van der Waals surface area contributed by atoms with Crippen LogP contribution in [0, 0.1) is 6.92 Å². The summed E-state index contributed by atoms with van der Waals surface area (Å²) in [6, 6.07) is 0.490. The SMILES string of the molecule is Cc1cc(=O)[nH]cc1C[C@@H](N)C(=O)O. The van der Waals surface area contributed by atoms with E-state index in [-0.39, 0.29) is 12.0 Å². The van der Waals surface area contributed by atoms with Gasteiger partial charge in [0.05, 0.1) is 0 Å². The molecule has 0 fully saturated rings. The second-order valence-electron chi connectivity index (χ2n) is 3.15. The van der Waals surface area contributed by atoms with E-state index in [9.17, 15) is 9.59 Å². The summed E-state index contributed by atoms with van der Waals surface area (Å²) >= 11 is 0. The van der Waals surface area contributed by atoms with Crippen LogP contribution in [0.4, 0.5) is 0 Å². The molecule has 0 radical (unpaired) electrons. The molecule has 0 aliphatic rings. The molecule has 0 aliphatic carbocycles. The molecule has 76 valence electrons. The van der Waals surface area contributed by atoms with E-state index in [4.69, 9.17) is 10.8 Å². The second kappa shape index (κ2) is 4.06. The molecule has 1 rings (SSSR count). The van der Waals surface area contributed by atoms with Crippen molar-refractivity contribution in [1.82, 2.24) is 4.98 Å². The Labute approximate surface area is 80.6 Å². The molecule has 1 heterocycles. The van der Waals surface area contributed by atoms with Gasteiger partial charge in [0.1, 0.15) is 6.04 Å². The highest BCUT2D eigenvalue weighted by atomic mass is 16.4. The average molecular weight is 196 g/mol. The molecule has 0 aromatic carbocycles. The second-order valence-corrected chi connectivity index (χ2v) is 3.15. The van der Waals surface area contributed by atoms with Gasteiger partial charge in [0.15, 0.2) is 0 Å². The third-order valence-electron chi connectivity index (χ3n) is 2.00. The van der Waals surface area contributed by atoms with E-state index >= 15 is 0 Å². The molecule has 0 amide bonds. The minimum atomic E-state index is -1.05. The van der Waals surface area contributed by atoms with Crippen LogP contribution >= 0.6 is 0 Å². The molecule has 5 nitrogen and oxygen atoms in total. The Bertz CT molecular complexity index is 397. The highest BCUT2D eigenvalue weighted by Gasteiger charge is 2.13. The molecule has 4 N–H and O–H groups in total. The van der Waals surface area contributed by atoms with Gasteiger partial charge in [0, 0.05) is 12.3 Å². The molecule has 0 saturated heterocycles. The molecular formula is C9H12N2O3. The molecule has 5 heteroatoms. The Balaban J connectivity index is 2.87. The molecule has 1 aromatic heterocycles. The van der Waals surface area contributed by atoms with Gasteiger partial charge in [-0.3, -0.25) is 9.59 Å². The maximum absolute atomic E-state index is 10.9. The van der Waals surface area contributed by atoms with Gasteiger partial charge in [0.2, 0.25) is 5.56 Å². The summed E-state index contributed by atoms with van der Waals surface area (Å²) in [6.45, 7) is 1.75. The summed E-state index contributed by atoms with van der Waals surface area (Å²) in [5.41, 5.74) is 6.67. The number of H-pyrrole nitrogens is 1. The first kappa shape index (κ1) is 10.5. The topological polar surface area (TPSA) is 96.2 Å². The van der Waals surface area contributed by atoms with Crippen LogP contribution in [0.25, 0.3) is 0 Å². The van der Waals surface area contributed by atoms with Gasteiger partial charge < -0.3 is 15.8 Å². The first-order valence-corrected chi connectivity index (χ1v) is 4.17. The first-order valence-electron chi connectivity index (χ1n) is 4.17. The number of aromatic amines is 1. The van der Waals surface area contributed by atoms with Crippen molar-refractivity contribution in [3.05, 3.63) is 33.7 Å². The molecule has 0 saturated carbocycles. The van der Waals surface area contributed by atoms with E-state index in [0.29, 0.717) is 0 Å². The Morgan fingerprint density at radius 2 is 2.36 bits per heavy atom. The van der Waals surface area contributed by atoms with Crippen LogP contribution in [0.1, 0.15) is 11.1 Å². The van der Waals surface area contributed by atoms with E-state index in [2.05, 4.69) is 4.98 Å². The maximum atomic E-state index is 10.9. The molecule has 0 bridgehead atoms. The van der Waals surface area contributed by atoms with Crippen molar-refractivity contribution in [3.8, 4) is 0 Å². The van der Waals surface area contributed by atoms with Crippen LogP contribution in [0.3, 0.4) is 0 Å². The van der Waals surface area contributed by atoms with Crippen LogP contribution in [0.15, 0.2) is 17.1 Å². The molecule has 1 aromatic rings. The molecule has 0 aliphatic heterocycles. The van der Waals surface area contributed by atoms with Crippen molar-refractivity contribution < 1.29 is 9.90 Å². The van der Waals surface area contributed by atoms with E-state index in [1.165, 1.54) is 12.3 Å². The van der Waals surface area contributed by atoms with E-state index in [0.717, 1.165) is 11.1 Å². The lowest BCUT2D eigenvalue weighted by Crippen LogP contribution is -2.32. The Hall–Kier alpha value is -1.62. The predicted octanol–water partition coefficient (Wildman–Crippen LogP) is -0.362. The predicted molar refractivity (Wildman–Crippen MR) is 51.1 cm³/mol. The van der Waals surface area contributed by atoms with Crippen LogP contribution in [0.2, 0.25) is 0 Å². The van der Waals surface area contributed by atoms with Crippen molar-refractivity contribution in [2.24, 2.45) is 5.73 Å². The highest BCUT2D eigenvalue weighted by Crippen LogP contribution is 2.05. The van der Waals surface area contributed by atoms with Gasteiger partial charge in [-0.25, -0.2) is 0 Å². The number of nitrogens with two attached hydrogens (primary N) is 1. The third-order valence-corrected chi connectivity index (χ3v) is 2.00. The van der Waals surface area contributed by atoms with E-state index < -0.39 is 12.0 Å². The molecule has 1 atom stereocenters. The number of carboxylic acid groups (broad SMARTS) is 1. The Morgan fingerprint density at radius 3 is 2.86 bits per heavy atom. The average Bonchev–Trinajstić information content (AvgIpc) is 2.09. The fourth-order valence-electron chi connectivity index (χ4n) is 1.15. The van der Waals surface area contributed by atoms with Gasteiger partial charge >= 0.3 is 5.97 Å². The van der Waals surface area contributed by atoms with Gasteiger partial charge in [0.25, 0.3) is 0 Å². The number of hydrogen-bond acceptors (Lipinski definition) is 3. The molecule has 14 heavy (non-hydrogen) atoms. The van der Waals surface area contributed by atoms with Crippen molar-refractivity contribution in [3.63, 3.8) is 0 Å². The van der Waals surface area contributed by atoms with Crippen molar-refractivity contribution in [1.29, 1.82) is 0 Å². The number of aryl methyl sites for hydroxylation is 1. The monoisotopic (exact) mass is 196 g/mol. The van der Waals surface area contributed by atoms with Crippen LogP contribution in [-0.2, 0) is 11.2 Å². The molecular weight excluding hydrogens is 184 g/mol. The molecule has 0 unspecified atom stereocenters. The van der Waals surface area contributed by atoms with E-state index in [1.54, 1.807) is 6.92 Å². The first-order chi connectivity index (χ1) is 6.50. The van der Waals surface area contributed by atoms with Gasteiger partial charge in [-0.2, -0.15) is 0 Å². The number of pyridine rings is 1. The van der Waals surface area contributed by atoms with Crippen LogP contribution in [-0.4, -0.2) is 22.1 Å². The number of carboxylic acids is 1. The fraction of sp³-hybridized carbons (Fsp3) is 0.333. The Morgan fingerprint density at radius 1 is 1.71 bits per heavy atom. The fourth-order valence-corrected chi connectivity index (χ4v) is 1.15. The lowest BCUT2D eigenvalue weighted by Gasteiger charge is -2.08. The van der Waals surface area contributed by atoms with Crippen LogP contribution in [0.5, 0.6) is 0 Å². The number of rotatable bonds is 3. The van der Waals surface area contributed by atoms with Crippen molar-refractivity contribution >= 4 is 5.97 Å². The van der Waals surface area contributed by atoms with Gasteiger partial charge in [-0.1, -0.05) is 0 Å². The minimum absolute atomic E-state index is 0.199. The number of carbonyl (C=O) groups is 1. The number of aliphatic carboxylic acids is 1. The summed E-state index contributed by atoms with van der Waals surface area (Å²) in [5.74, 6) is -1.05. The normalized spacial score (nSPS) is 12.4. The van der Waals surface area contributed by atoms with Crippen molar-refractivity contribution in [2.75, 3.05) is 0 Å². The van der Waals surface area contributed by atoms with E-state index in [1.807, 2.05) is 0 Å². The summed E-state index contributed by atoms with van der Waals surface area (Å²) < 4.78 is 0. The zero-order valence-electron chi connectivity index (χ0n) is 7.78. The quantitative estimate of drug-likeness (QED) is 0.615. The summed E-state index contributed by atoms with van der Waals surface area (Å²) in [7, 11) is 0. The standard InChI is InChI=1S/C9H12N2O3/c1-5-2-8(12)11-4-6(5)3-7(10)9(13)14/h2,4,7H,3,10H2,1H3,(H,11,12)(H,13,14)/t7-/m1/s1. The Kier molecular flexibility index (Phi) is 3.03. The number of nitrogens with one attached hydrogen (secondary N) is 1. The largest absolute Gasteiger partial charge is 0.480 e. The molecule has 0 spiro atoms. The summed E-state index contributed by atoms with van der Waals surface area (Å²) in [5, 5.41) is 8.59.